The Kier molecular flexibility index (Phi) is 1.47. The zero-order chi connectivity index (χ0) is 5.82. The van der Waals surface area contributed by atoms with Gasteiger partial charge in [0.1, 0.15) is 0 Å². The molecule has 0 spiro atoms. The molecule has 1 heterocycles. The van der Waals surface area contributed by atoms with Crippen LogP contribution in [0.15, 0.2) is 24.5 Å². The van der Waals surface area contributed by atoms with Crippen molar-refractivity contribution in [3.05, 3.63) is 24.5 Å². The molecule has 1 aliphatic heterocycles. The van der Waals surface area contributed by atoms with Crippen LogP contribution in [0.1, 0.15) is 0 Å². The molecule has 0 N–H and O–H groups in total. The molecule has 0 saturated heterocycles. The number of hydrogen-bond donors (Lipinski definition) is 0. The van der Waals surface area contributed by atoms with Gasteiger partial charge in [-0.1, -0.05) is 6.08 Å². The van der Waals surface area contributed by atoms with Crippen LogP contribution in [-0.2, 0) is 9.53 Å². The van der Waals surface area contributed by atoms with Crippen molar-refractivity contribution >= 4 is 6.29 Å². The summed E-state index contributed by atoms with van der Waals surface area (Å²) >= 11 is 0. The number of rotatable bonds is 1. The fourth-order valence-corrected chi connectivity index (χ4v) is 0.478. The van der Waals surface area contributed by atoms with Crippen LogP contribution in [0, 0.1) is 0 Å². The molecule has 0 aromatic rings. The Bertz CT molecular complexity index is 135. The molecule has 1 atom stereocenters. The van der Waals surface area contributed by atoms with E-state index in [1.165, 1.54) is 6.26 Å². The van der Waals surface area contributed by atoms with Crippen LogP contribution in [0.2, 0.25) is 0 Å². The fraction of sp³-hybridized carbons (Fsp3) is 0.167. The average molecular weight is 110 g/mol. The second kappa shape index (κ2) is 2.31. The van der Waals surface area contributed by atoms with Gasteiger partial charge in [-0.25, -0.2) is 0 Å². The number of hydrogen-bond acceptors (Lipinski definition) is 2. The predicted molar refractivity (Wildman–Crippen MR) is 29.2 cm³/mol. The second-order valence-electron chi connectivity index (χ2n) is 1.45. The Balaban J connectivity index is 2.51. The molecule has 2 nitrogen and oxygen atoms in total. The van der Waals surface area contributed by atoms with Gasteiger partial charge in [0.15, 0.2) is 12.4 Å². The topological polar surface area (TPSA) is 26.3 Å². The molecule has 0 fully saturated rings. The third-order valence-electron chi connectivity index (χ3n) is 0.860. The van der Waals surface area contributed by atoms with Crippen molar-refractivity contribution in [2.45, 2.75) is 6.10 Å². The number of carbonyl (C=O) groups is 1. The third-order valence-corrected chi connectivity index (χ3v) is 0.860. The Morgan fingerprint density at radius 3 is 2.75 bits per heavy atom. The van der Waals surface area contributed by atoms with Gasteiger partial charge in [0.05, 0.1) is 6.26 Å². The molecular weight excluding hydrogens is 104 g/mol. The van der Waals surface area contributed by atoms with Gasteiger partial charge < -0.3 is 4.74 Å². The van der Waals surface area contributed by atoms with Gasteiger partial charge in [-0.2, -0.15) is 0 Å². The van der Waals surface area contributed by atoms with Gasteiger partial charge in [-0.15, -0.1) is 0 Å². The number of aldehydes is 1. The molecule has 0 aromatic carbocycles. The lowest BCUT2D eigenvalue weighted by atomic mass is 10.3. The first-order valence-electron chi connectivity index (χ1n) is 2.37. The van der Waals surface area contributed by atoms with E-state index in [-0.39, 0.29) is 6.10 Å². The summed E-state index contributed by atoms with van der Waals surface area (Å²) in [6.07, 6.45) is 7.09. The average Bonchev–Trinajstić information content (AvgIpc) is 1.90. The van der Waals surface area contributed by atoms with Crippen molar-refractivity contribution in [2.75, 3.05) is 0 Å². The minimum absolute atomic E-state index is 0.361. The Morgan fingerprint density at radius 1 is 1.50 bits per heavy atom. The zero-order valence-corrected chi connectivity index (χ0v) is 4.28. The van der Waals surface area contributed by atoms with E-state index in [2.05, 4.69) is 0 Å². The van der Waals surface area contributed by atoms with Crippen LogP contribution in [0.5, 0.6) is 0 Å². The maximum absolute atomic E-state index is 9.95. The lowest BCUT2D eigenvalue weighted by Crippen LogP contribution is -2.08. The van der Waals surface area contributed by atoms with Gasteiger partial charge in [-0.3, -0.25) is 4.79 Å². The van der Waals surface area contributed by atoms with Crippen LogP contribution in [0.4, 0.5) is 0 Å². The maximum atomic E-state index is 9.95. The van der Waals surface area contributed by atoms with E-state index < -0.39 is 0 Å². The number of carbonyl (C=O) groups excluding carboxylic acids is 1. The molecule has 2 heteroatoms. The van der Waals surface area contributed by atoms with Gasteiger partial charge in [-0.05, 0) is 12.2 Å². The van der Waals surface area contributed by atoms with E-state index >= 15 is 0 Å². The highest BCUT2D eigenvalue weighted by atomic mass is 16.5. The molecule has 0 saturated carbocycles. The van der Waals surface area contributed by atoms with Crippen molar-refractivity contribution in [2.24, 2.45) is 0 Å². The molecule has 0 aromatic heterocycles. The van der Waals surface area contributed by atoms with Crippen LogP contribution < -0.4 is 0 Å². The van der Waals surface area contributed by atoms with E-state index in [4.69, 9.17) is 4.74 Å². The summed E-state index contributed by atoms with van der Waals surface area (Å²) < 4.78 is 4.79. The van der Waals surface area contributed by atoms with E-state index in [9.17, 15) is 4.79 Å². The zero-order valence-electron chi connectivity index (χ0n) is 4.28. The highest BCUT2D eigenvalue weighted by Gasteiger charge is 2.00. The van der Waals surface area contributed by atoms with Crippen LogP contribution >= 0.6 is 0 Å². The molecule has 42 valence electrons. The SMILES string of the molecule is O=CC1C=CC=CO1. The molecule has 0 amide bonds. The number of ether oxygens (including phenoxy) is 1. The minimum Gasteiger partial charge on any atom is -0.486 e. The quantitative estimate of drug-likeness (QED) is 0.463. The van der Waals surface area contributed by atoms with Crippen molar-refractivity contribution in [1.29, 1.82) is 0 Å². The van der Waals surface area contributed by atoms with Crippen LogP contribution in [0.25, 0.3) is 0 Å². The first kappa shape index (κ1) is 5.09. The fourth-order valence-electron chi connectivity index (χ4n) is 0.478. The van der Waals surface area contributed by atoms with Crippen LogP contribution in [0.3, 0.4) is 0 Å². The number of allylic oxidation sites excluding steroid dienone is 2. The summed E-state index contributed by atoms with van der Waals surface area (Å²) in [6, 6.07) is 0. The predicted octanol–water partition coefficient (Wildman–Crippen LogP) is 0.654. The first-order valence-corrected chi connectivity index (χ1v) is 2.37. The van der Waals surface area contributed by atoms with Gasteiger partial charge in [0, 0.05) is 0 Å². The maximum Gasteiger partial charge on any atom is 0.171 e. The van der Waals surface area contributed by atoms with Crippen LogP contribution in [-0.4, -0.2) is 12.4 Å². The lowest BCUT2D eigenvalue weighted by Gasteiger charge is -2.05. The Labute approximate surface area is 47.5 Å². The molecular formula is C6H6O2. The first-order chi connectivity index (χ1) is 3.93. The highest BCUT2D eigenvalue weighted by molar-refractivity contribution is 5.59. The summed E-state index contributed by atoms with van der Waals surface area (Å²) in [5.74, 6) is 0. The Morgan fingerprint density at radius 2 is 2.38 bits per heavy atom. The van der Waals surface area contributed by atoms with Crippen molar-refractivity contribution < 1.29 is 9.53 Å². The van der Waals surface area contributed by atoms with Gasteiger partial charge in [0.25, 0.3) is 0 Å². The third kappa shape index (κ3) is 0.964. The monoisotopic (exact) mass is 110 g/mol. The summed E-state index contributed by atoms with van der Waals surface area (Å²) in [5, 5.41) is 0. The molecule has 1 aliphatic rings. The summed E-state index contributed by atoms with van der Waals surface area (Å²) in [4.78, 5) is 9.95. The summed E-state index contributed by atoms with van der Waals surface area (Å²) in [5.41, 5.74) is 0. The Hall–Kier alpha value is -1.05. The van der Waals surface area contributed by atoms with E-state index in [1.54, 1.807) is 18.2 Å². The van der Waals surface area contributed by atoms with E-state index in [0.29, 0.717) is 0 Å². The van der Waals surface area contributed by atoms with E-state index in [1.807, 2.05) is 0 Å². The molecule has 0 radical (unpaired) electrons. The van der Waals surface area contributed by atoms with E-state index in [0.717, 1.165) is 6.29 Å². The molecule has 0 aliphatic carbocycles. The summed E-state index contributed by atoms with van der Waals surface area (Å²) in [7, 11) is 0. The lowest BCUT2D eigenvalue weighted by molar-refractivity contribution is -0.113. The molecule has 1 unspecified atom stereocenters. The standard InChI is InChI=1S/C6H6O2/c7-5-6-3-1-2-4-8-6/h1-6H. The summed E-state index contributed by atoms with van der Waals surface area (Å²) in [6.45, 7) is 0. The highest BCUT2D eigenvalue weighted by Crippen LogP contribution is 1.97. The van der Waals surface area contributed by atoms with Gasteiger partial charge >= 0.3 is 0 Å². The minimum atomic E-state index is -0.361. The molecule has 8 heavy (non-hydrogen) atoms. The molecule has 1 rings (SSSR count). The normalized spacial score (nSPS) is 24.8. The van der Waals surface area contributed by atoms with Crippen molar-refractivity contribution in [3.63, 3.8) is 0 Å². The molecule has 0 bridgehead atoms. The van der Waals surface area contributed by atoms with Gasteiger partial charge in [0.2, 0.25) is 0 Å². The van der Waals surface area contributed by atoms with Crippen molar-refractivity contribution in [1.82, 2.24) is 0 Å². The smallest absolute Gasteiger partial charge is 0.171 e. The second-order valence-corrected chi connectivity index (χ2v) is 1.45. The largest absolute Gasteiger partial charge is 0.486 e. The van der Waals surface area contributed by atoms with Crippen molar-refractivity contribution in [3.8, 4) is 0 Å².